The second kappa shape index (κ2) is 6.95. The summed E-state index contributed by atoms with van der Waals surface area (Å²) in [7, 11) is 3.79. The molecule has 126 valence electrons. The van der Waals surface area contributed by atoms with E-state index < -0.39 is 16.7 Å². The van der Waals surface area contributed by atoms with Gasteiger partial charge in [-0.15, -0.1) is 0 Å². The molecule has 0 N–H and O–H groups in total. The molecule has 2 rings (SSSR count). The number of hydrogen-bond donors (Lipinski definition) is 0. The van der Waals surface area contributed by atoms with Crippen molar-refractivity contribution < 1.29 is 28.3 Å². The molecule has 0 radical (unpaired) electrons. The van der Waals surface area contributed by atoms with Gasteiger partial charge in [-0.25, -0.2) is 9.18 Å². The van der Waals surface area contributed by atoms with Crippen molar-refractivity contribution in [1.82, 2.24) is 0 Å². The minimum atomic E-state index is -0.804. The van der Waals surface area contributed by atoms with Crippen molar-refractivity contribution in [3.05, 3.63) is 51.8 Å². The maximum Gasteiger partial charge on any atom is 0.338 e. The molecule has 0 amide bonds. The van der Waals surface area contributed by atoms with Crippen LogP contribution in [0.2, 0.25) is 0 Å². The van der Waals surface area contributed by atoms with Crippen LogP contribution < -0.4 is 9.47 Å². The van der Waals surface area contributed by atoms with Gasteiger partial charge in [0, 0.05) is 17.7 Å². The topological polar surface area (TPSA) is 87.9 Å². The number of esters is 1. The van der Waals surface area contributed by atoms with Gasteiger partial charge in [0.15, 0.2) is 11.6 Å². The van der Waals surface area contributed by atoms with E-state index in [1.54, 1.807) is 0 Å². The molecule has 0 saturated heterocycles. The summed E-state index contributed by atoms with van der Waals surface area (Å²) in [6, 6.07) is 6.11. The lowest BCUT2D eigenvalue weighted by molar-refractivity contribution is -0.384. The highest BCUT2D eigenvalue weighted by molar-refractivity contribution is 6.00. The van der Waals surface area contributed by atoms with E-state index in [0.717, 1.165) is 19.2 Å². The number of non-ortho nitro benzene ring substituents is 1. The maximum absolute atomic E-state index is 14.1. The predicted octanol–water partition coefficient (Wildman–Crippen LogP) is 3.20. The Bertz CT molecular complexity index is 805. The number of nitrogens with zero attached hydrogens (tertiary/aromatic N) is 1. The third-order valence-electron chi connectivity index (χ3n) is 3.38. The molecule has 0 aliphatic heterocycles. The predicted molar refractivity (Wildman–Crippen MR) is 82.9 cm³/mol. The molecular weight excluding hydrogens is 321 g/mol. The van der Waals surface area contributed by atoms with Crippen molar-refractivity contribution in [2.24, 2.45) is 0 Å². The van der Waals surface area contributed by atoms with Gasteiger partial charge in [0.2, 0.25) is 0 Å². The van der Waals surface area contributed by atoms with E-state index in [-0.39, 0.29) is 33.9 Å². The number of carbonyl (C=O) groups is 1. The lowest BCUT2D eigenvalue weighted by atomic mass is 9.97. The number of rotatable bonds is 5. The second-order valence-corrected chi connectivity index (χ2v) is 4.64. The van der Waals surface area contributed by atoms with E-state index in [0.29, 0.717) is 0 Å². The van der Waals surface area contributed by atoms with Gasteiger partial charge in [-0.2, -0.15) is 0 Å². The molecule has 24 heavy (non-hydrogen) atoms. The lowest BCUT2D eigenvalue weighted by Gasteiger charge is -2.16. The summed E-state index contributed by atoms with van der Waals surface area (Å²) in [5.74, 6) is -1.37. The van der Waals surface area contributed by atoms with Gasteiger partial charge in [-0.1, -0.05) is 0 Å². The van der Waals surface area contributed by atoms with Gasteiger partial charge in [0.1, 0.15) is 5.75 Å². The van der Waals surface area contributed by atoms with E-state index in [2.05, 4.69) is 4.74 Å². The minimum absolute atomic E-state index is 0.103. The fourth-order valence-electron chi connectivity index (χ4n) is 2.31. The standard InChI is InChI=1S/C16H14FNO6/c1-22-13-7-6-12(17)15(23-2)14(13)10-5-4-9(18(20)21)8-11(10)16(19)24-3/h4-8H,1-3H3. The van der Waals surface area contributed by atoms with E-state index in [1.807, 2.05) is 0 Å². The molecule has 0 fully saturated rings. The molecule has 0 unspecified atom stereocenters. The molecule has 0 heterocycles. The van der Waals surface area contributed by atoms with Crippen molar-refractivity contribution in [3.8, 4) is 22.6 Å². The van der Waals surface area contributed by atoms with E-state index >= 15 is 0 Å². The Morgan fingerprint density at radius 2 is 1.83 bits per heavy atom. The van der Waals surface area contributed by atoms with Crippen LogP contribution in [-0.2, 0) is 4.74 Å². The number of halogens is 1. The fraction of sp³-hybridized carbons (Fsp3) is 0.188. The molecule has 2 aromatic rings. The average Bonchev–Trinajstić information content (AvgIpc) is 2.60. The normalized spacial score (nSPS) is 10.2. The summed E-state index contributed by atoms with van der Waals surface area (Å²) >= 11 is 0. The highest BCUT2D eigenvalue weighted by Crippen LogP contribution is 2.42. The second-order valence-electron chi connectivity index (χ2n) is 4.64. The van der Waals surface area contributed by atoms with E-state index in [9.17, 15) is 19.3 Å². The van der Waals surface area contributed by atoms with Crippen LogP contribution >= 0.6 is 0 Å². The summed E-state index contributed by atoms with van der Waals surface area (Å²) in [6.07, 6.45) is 0. The highest BCUT2D eigenvalue weighted by atomic mass is 19.1. The first-order valence-electron chi connectivity index (χ1n) is 6.72. The molecule has 7 nitrogen and oxygen atoms in total. The third-order valence-corrected chi connectivity index (χ3v) is 3.38. The molecule has 0 bridgehead atoms. The Hall–Kier alpha value is -3.16. The van der Waals surface area contributed by atoms with Crippen molar-refractivity contribution >= 4 is 11.7 Å². The molecule has 8 heteroatoms. The van der Waals surface area contributed by atoms with Crippen LogP contribution in [0.4, 0.5) is 10.1 Å². The van der Waals surface area contributed by atoms with Crippen molar-refractivity contribution in [2.45, 2.75) is 0 Å². The van der Waals surface area contributed by atoms with Gasteiger partial charge >= 0.3 is 5.97 Å². The Kier molecular flexibility index (Phi) is 4.98. The molecule has 0 saturated carbocycles. The van der Waals surface area contributed by atoms with Crippen molar-refractivity contribution in [3.63, 3.8) is 0 Å². The zero-order valence-electron chi connectivity index (χ0n) is 13.2. The molecule has 0 aliphatic rings. The fourth-order valence-corrected chi connectivity index (χ4v) is 2.31. The number of carbonyl (C=O) groups excluding carboxylic acids is 1. The lowest BCUT2D eigenvalue weighted by Crippen LogP contribution is -2.06. The van der Waals surface area contributed by atoms with Gasteiger partial charge in [0.05, 0.1) is 37.4 Å². The molecule has 0 atom stereocenters. The number of nitro benzene ring substituents is 1. The summed E-state index contributed by atoms with van der Waals surface area (Å²) in [5.41, 5.74) is -0.0432. The quantitative estimate of drug-likeness (QED) is 0.474. The van der Waals surface area contributed by atoms with E-state index in [1.165, 1.54) is 32.4 Å². The van der Waals surface area contributed by atoms with Gasteiger partial charge < -0.3 is 14.2 Å². The van der Waals surface area contributed by atoms with Gasteiger partial charge in [-0.3, -0.25) is 10.1 Å². The van der Waals surface area contributed by atoms with Crippen molar-refractivity contribution in [1.29, 1.82) is 0 Å². The van der Waals surface area contributed by atoms with Gasteiger partial charge in [0.25, 0.3) is 5.69 Å². The number of methoxy groups -OCH3 is 3. The first kappa shape index (κ1) is 17.2. The smallest absolute Gasteiger partial charge is 0.338 e. The SMILES string of the molecule is COC(=O)c1cc([N+](=O)[O-])ccc1-c1c(OC)ccc(F)c1OC. The van der Waals surface area contributed by atoms with Crippen LogP contribution in [-0.4, -0.2) is 32.2 Å². The summed E-state index contributed by atoms with van der Waals surface area (Å²) < 4.78 is 29.0. The van der Waals surface area contributed by atoms with Crippen LogP contribution in [0.15, 0.2) is 30.3 Å². The Labute approximate surface area is 136 Å². The first-order chi connectivity index (χ1) is 11.4. The molecule has 0 aromatic heterocycles. The Morgan fingerprint density at radius 3 is 2.38 bits per heavy atom. The summed E-state index contributed by atoms with van der Waals surface area (Å²) in [5, 5.41) is 11.0. The monoisotopic (exact) mass is 335 g/mol. The molecule has 0 aliphatic carbocycles. The third kappa shape index (κ3) is 2.98. The first-order valence-corrected chi connectivity index (χ1v) is 6.72. The van der Waals surface area contributed by atoms with Crippen LogP contribution in [0.25, 0.3) is 11.1 Å². The van der Waals surface area contributed by atoms with Crippen LogP contribution in [0.5, 0.6) is 11.5 Å². The molecular formula is C16H14FNO6. The number of benzene rings is 2. The zero-order chi connectivity index (χ0) is 17.9. The maximum atomic E-state index is 14.1. The Balaban J connectivity index is 2.84. The van der Waals surface area contributed by atoms with Crippen LogP contribution in [0.3, 0.4) is 0 Å². The number of hydrogen-bond acceptors (Lipinski definition) is 6. The van der Waals surface area contributed by atoms with E-state index in [4.69, 9.17) is 9.47 Å². The van der Waals surface area contributed by atoms with Crippen LogP contribution in [0, 0.1) is 15.9 Å². The summed E-state index contributed by atoms with van der Waals surface area (Å²) in [4.78, 5) is 22.4. The van der Waals surface area contributed by atoms with Gasteiger partial charge in [-0.05, 0) is 18.2 Å². The van der Waals surface area contributed by atoms with Crippen LogP contribution in [0.1, 0.15) is 10.4 Å². The minimum Gasteiger partial charge on any atom is -0.496 e. The average molecular weight is 335 g/mol. The molecule has 2 aromatic carbocycles. The number of ether oxygens (including phenoxy) is 3. The zero-order valence-corrected chi connectivity index (χ0v) is 13.2. The number of nitro groups is 1. The summed E-state index contributed by atoms with van der Waals surface area (Å²) in [6.45, 7) is 0. The van der Waals surface area contributed by atoms with Crippen molar-refractivity contribution in [2.75, 3.05) is 21.3 Å². The highest BCUT2D eigenvalue weighted by Gasteiger charge is 2.24. The Morgan fingerprint density at radius 1 is 1.12 bits per heavy atom. The largest absolute Gasteiger partial charge is 0.496 e. The molecule has 0 spiro atoms.